The first kappa shape index (κ1) is 16.4. The monoisotopic (exact) mass is 369 g/mol. The number of fused-ring (bicyclic) bond motifs is 2. The summed E-state index contributed by atoms with van der Waals surface area (Å²) in [5, 5.41) is 4.72. The van der Waals surface area contributed by atoms with Crippen LogP contribution in [0.2, 0.25) is 0 Å². The molecule has 8 nitrogen and oxygen atoms in total. The van der Waals surface area contributed by atoms with Gasteiger partial charge in [0.05, 0.1) is 17.2 Å². The second-order valence-electron chi connectivity index (χ2n) is 7.76. The van der Waals surface area contributed by atoms with Gasteiger partial charge in [-0.15, -0.1) is 0 Å². The lowest BCUT2D eigenvalue weighted by Gasteiger charge is -2.37. The maximum Gasteiger partial charge on any atom is 0.259 e. The van der Waals surface area contributed by atoms with E-state index in [9.17, 15) is 19.2 Å². The predicted octanol–water partition coefficient (Wildman–Crippen LogP) is 0.145. The molecule has 4 aliphatic rings. The first-order valence-electron chi connectivity index (χ1n) is 9.23. The number of aryl methyl sites for hydroxylation is 1. The minimum Gasteiger partial charge on any atom is -0.486 e. The number of imide groups is 2. The van der Waals surface area contributed by atoms with Crippen LogP contribution in [0.15, 0.2) is 12.1 Å². The average Bonchev–Trinajstić information content (AvgIpc) is 3.15. The molecule has 2 saturated heterocycles. The van der Waals surface area contributed by atoms with Crippen molar-refractivity contribution in [2.45, 2.75) is 43.7 Å². The minimum absolute atomic E-state index is 0.213. The van der Waals surface area contributed by atoms with Gasteiger partial charge in [-0.2, -0.15) is 0 Å². The van der Waals surface area contributed by atoms with Gasteiger partial charge in [0.2, 0.25) is 11.8 Å². The molecular weight excluding hydrogens is 350 g/mol. The molecule has 2 atom stereocenters. The zero-order valence-electron chi connectivity index (χ0n) is 14.7. The van der Waals surface area contributed by atoms with Crippen LogP contribution in [0, 0.1) is 0 Å². The molecule has 0 saturated carbocycles. The lowest BCUT2D eigenvalue weighted by molar-refractivity contribution is -0.137. The number of nitrogens with one attached hydrogen (secondary N) is 2. The molecule has 5 rings (SSSR count). The highest BCUT2D eigenvalue weighted by atomic mass is 16.5. The number of nitrogens with zero attached hydrogens (tertiary/aromatic N) is 1. The van der Waals surface area contributed by atoms with Crippen molar-refractivity contribution in [1.82, 2.24) is 15.5 Å². The molecule has 140 valence electrons. The maximum absolute atomic E-state index is 12.2. The van der Waals surface area contributed by atoms with Gasteiger partial charge in [0.1, 0.15) is 11.4 Å². The molecule has 0 aliphatic carbocycles. The molecule has 27 heavy (non-hydrogen) atoms. The van der Waals surface area contributed by atoms with E-state index in [1.807, 2.05) is 0 Å². The van der Waals surface area contributed by atoms with Gasteiger partial charge in [-0.1, -0.05) is 0 Å². The molecule has 2 N–H and O–H groups in total. The lowest BCUT2D eigenvalue weighted by atomic mass is 9.89. The molecule has 1 aromatic rings. The van der Waals surface area contributed by atoms with E-state index in [-0.39, 0.29) is 23.8 Å². The smallest absolute Gasteiger partial charge is 0.259 e. The highest BCUT2D eigenvalue weighted by Gasteiger charge is 2.47. The Kier molecular flexibility index (Phi) is 3.42. The normalized spacial score (nSPS) is 30.0. The maximum atomic E-state index is 12.2. The summed E-state index contributed by atoms with van der Waals surface area (Å²) in [6, 6.07) is 3.13. The van der Waals surface area contributed by atoms with Crippen molar-refractivity contribution in [2.75, 3.05) is 13.1 Å². The molecule has 1 aromatic carbocycles. The SMILES string of the molecule is O=C1CCC(N2CCC3(CCc4cc5c(cc4O3)C(=O)NC5=O)C2)C(=O)N1. The van der Waals surface area contributed by atoms with Crippen molar-refractivity contribution in [3.05, 3.63) is 28.8 Å². The van der Waals surface area contributed by atoms with Gasteiger partial charge >= 0.3 is 0 Å². The minimum atomic E-state index is -0.401. The summed E-state index contributed by atoms with van der Waals surface area (Å²) in [5.41, 5.74) is 1.30. The van der Waals surface area contributed by atoms with Crippen molar-refractivity contribution < 1.29 is 23.9 Å². The summed E-state index contributed by atoms with van der Waals surface area (Å²) in [5.74, 6) is -0.544. The largest absolute Gasteiger partial charge is 0.486 e. The van der Waals surface area contributed by atoms with Crippen molar-refractivity contribution >= 4 is 23.6 Å². The number of benzene rings is 1. The number of hydrogen-bond acceptors (Lipinski definition) is 6. The third-order valence-corrected chi connectivity index (χ3v) is 6.09. The Bertz CT molecular complexity index is 911. The lowest BCUT2D eigenvalue weighted by Crippen LogP contribution is -2.53. The Hall–Kier alpha value is -2.74. The van der Waals surface area contributed by atoms with E-state index in [2.05, 4.69) is 15.5 Å². The van der Waals surface area contributed by atoms with Crippen molar-refractivity contribution in [1.29, 1.82) is 0 Å². The number of carbonyl (C=O) groups is 4. The van der Waals surface area contributed by atoms with Crippen LogP contribution in [-0.4, -0.2) is 53.3 Å². The second-order valence-corrected chi connectivity index (χ2v) is 7.76. The van der Waals surface area contributed by atoms with Gasteiger partial charge in [0.25, 0.3) is 11.8 Å². The van der Waals surface area contributed by atoms with Gasteiger partial charge in [-0.05, 0) is 37.0 Å². The fraction of sp³-hybridized carbons (Fsp3) is 0.474. The average molecular weight is 369 g/mol. The van der Waals surface area contributed by atoms with E-state index < -0.39 is 11.5 Å². The zero-order chi connectivity index (χ0) is 18.8. The third kappa shape index (κ3) is 2.55. The highest BCUT2D eigenvalue weighted by molar-refractivity contribution is 6.21. The standard InChI is InChI=1S/C19H19N3O5/c23-15-2-1-13(18(26)20-15)22-6-5-19(9-22)4-3-10-7-11-12(8-14(10)27-19)17(25)21-16(11)24/h7-8,13H,1-6,9H2,(H,20,23,26)(H,21,24,25). The van der Waals surface area contributed by atoms with Crippen LogP contribution in [0.1, 0.15) is 52.0 Å². The summed E-state index contributed by atoms with van der Waals surface area (Å²) in [6.45, 7) is 1.34. The molecule has 0 bridgehead atoms. The Morgan fingerprint density at radius 2 is 1.78 bits per heavy atom. The summed E-state index contributed by atoms with van der Waals surface area (Å²) >= 11 is 0. The van der Waals surface area contributed by atoms with Crippen LogP contribution >= 0.6 is 0 Å². The van der Waals surface area contributed by atoms with Gasteiger partial charge in [0.15, 0.2) is 0 Å². The molecule has 8 heteroatoms. The zero-order valence-corrected chi connectivity index (χ0v) is 14.7. The van der Waals surface area contributed by atoms with Crippen LogP contribution in [-0.2, 0) is 16.0 Å². The van der Waals surface area contributed by atoms with Gasteiger partial charge in [0, 0.05) is 25.9 Å². The molecule has 2 fully saturated rings. The summed E-state index contributed by atoms with van der Waals surface area (Å²) in [7, 11) is 0. The van der Waals surface area contributed by atoms with E-state index in [0.717, 1.165) is 31.4 Å². The van der Waals surface area contributed by atoms with Crippen LogP contribution in [0.25, 0.3) is 0 Å². The van der Waals surface area contributed by atoms with Crippen LogP contribution in [0.5, 0.6) is 5.75 Å². The van der Waals surface area contributed by atoms with Crippen molar-refractivity contribution in [3.63, 3.8) is 0 Å². The fourth-order valence-electron chi connectivity index (χ4n) is 4.63. The first-order chi connectivity index (χ1) is 12.9. The number of carbonyl (C=O) groups excluding carboxylic acids is 4. The molecule has 0 aromatic heterocycles. The number of hydrogen-bond donors (Lipinski definition) is 2. The van der Waals surface area contributed by atoms with Gasteiger partial charge in [-0.25, -0.2) is 0 Å². The Morgan fingerprint density at radius 3 is 2.56 bits per heavy atom. The summed E-state index contributed by atoms with van der Waals surface area (Å²) in [4.78, 5) is 49.4. The second kappa shape index (κ2) is 5.63. The van der Waals surface area contributed by atoms with Gasteiger partial charge in [-0.3, -0.25) is 34.7 Å². The van der Waals surface area contributed by atoms with E-state index in [0.29, 0.717) is 36.3 Å². The molecule has 2 unspecified atom stereocenters. The van der Waals surface area contributed by atoms with Crippen LogP contribution in [0.4, 0.5) is 0 Å². The molecule has 0 radical (unpaired) electrons. The molecular formula is C19H19N3O5. The number of ether oxygens (including phenoxy) is 1. The van der Waals surface area contributed by atoms with E-state index >= 15 is 0 Å². The van der Waals surface area contributed by atoms with Crippen molar-refractivity contribution in [3.8, 4) is 5.75 Å². The Morgan fingerprint density at radius 1 is 1.00 bits per heavy atom. The van der Waals surface area contributed by atoms with E-state index in [1.165, 1.54) is 0 Å². The summed E-state index contributed by atoms with van der Waals surface area (Å²) in [6.07, 6.45) is 3.23. The van der Waals surface area contributed by atoms with Gasteiger partial charge < -0.3 is 4.74 Å². The molecule has 4 amide bonds. The van der Waals surface area contributed by atoms with Crippen molar-refractivity contribution in [2.24, 2.45) is 0 Å². The first-order valence-corrected chi connectivity index (χ1v) is 9.23. The number of amides is 4. The quantitative estimate of drug-likeness (QED) is 0.683. The predicted molar refractivity (Wildman–Crippen MR) is 92.3 cm³/mol. The van der Waals surface area contributed by atoms with E-state index in [4.69, 9.17) is 4.74 Å². The number of likely N-dealkylation sites (tertiary alicyclic amines) is 1. The fourth-order valence-corrected chi connectivity index (χ4v) is 4.63. The number of piperidine rings is 1. The molecule has 1 spiro atoms. The Balaban J connectivity index is 1.37. The number of rotatable bonds is 1. The summed E-state index contributed by atoms with van der Waals surface area (Å²) < 4.78 is 6.34. The molecule has 4 heterocycles. The third-order valence-electron chi connectivity index (χ3n) is 6.09. The van der Waals surface area contributed by atoms with Crippen LogP contribution < -0.4 is 15.4 Å². The highest BCUT2D eigenvalue weighted by Crippen LogP contribution is 2.41. The van der Waals surface area contributed by atoms with E-state index in [1.54, 1.807) is 12.1 Å². The Labute approximate surface area is 155 Å². The molecule has 4 aliphatic heterocycles. The van der Waals surface area contributed by atoms with Crippen LogP contribution in [0.3, 0.4) is 0 Å². The topological polar surface area (TPSA) is 105 Å².